The third-order valence-corrected chi connectivity index (χ3v) is 7.90. The molecule has 0 radical (unpaired) electrons. The van der Waals surface area contributed by atoms with Crippen LogP contribution in [0.2, 0.25) is 0 Å². The number of methoxy groups -OCH3 is 1. The highest BCUT2D eigenvalue weighted by molar-refractivity contribution is 7.80. The van der Waals surface area contributed by atoms with Crippen LogP contribution in [-0.4, -0.2) is 45.8 Å². The first-order valence-corrected chi connectivity index (χ1v) is 14.8. The van der Waals surface area contributed by atoms with Crippen LogP contribution in [0.25, 0.3) is 20.9 Å². The first-order valence-electron chi connectivity index (χ1n) is 13.6. The van der Waals surface area contributed by atoms with Crippen molar-refractivity contribution in [2.45, 2.75) is 19.4 Å². The van der Waals surface area contributed by atoms with E-state index in [9.17, 15) is 4.79 Å². The third-order valence-electron chi connectivity index (χ3n) is 6.56. The van der Waals surface area contributed by atoms with Crippen molar-refractivity contribution in [1.82, 2.24) is 25.2 Å². The molecule has 3 heterocycles. The number of pyridine rings is 1. The van der Waals surface area contributed by atoms with Crippen molar-refractivity contribution in [3.8, 4) is 22.2 Å². The maximum atomic E-state index is 15.1. The fourth-order valence-electron chi connectivity index (χ4n) is 4.40. The number of nitrogens with zero attached hydrogens (tertiary/aromatic N) is 3. The molecule has 0 bridgehead atoms. The summed E-state index contributed by atoms with van der Waals surface area (Å²) in [4.78, 5) is 22.3. The predicted molar refractivity (Wildman–Crippen MR) is 171 cm³/mol. The van der Waals surface area contributed by atoms with Gasteiger partial charge < -0.3 is 30.0 Å². The molecule has 5 aromatic rings. The van der Waals surface area contributed by atoms with E-state index in [2.05, 4.69) is 30.5 Å². The van der Waals surface area contributed by atoms with Gasteiger partial charge in [0.25, 0.3) is 0 Å². The van der Waals surface area contributed by atoms with E-state index in [1.165, 1.54) is 23.5 Å². The Kier molecular flexibility index (Phi) is 10.1. The number of amides is 1. The summed E-state index contributed by atoms with van der Waals surface area (Å²) in [5, 5.41) is 8.95. The van der Waals surface area contributed by atoms with Gasteiger partial charge in [0, 0.05) is 51.3 Å². The number of thiocarbonyl (C=S) groups is 1. The zero-order chi connectivity index (χ0) is 30.2. The van der Waals surface area contributed by atoms with Crippen LogP contribution >= 0.6 is 23.6 Å². The third kappa shape index (κ3) is 7.79. The summed E-state index contributed by atoms with van der Waals surface area (Å²) in [6, 6.07) is 17.4. The second-order valence-electron chi connectivity index (χ2n) is 9.70. The van der Waals surface area contributed by atoms with Gasteiger partial charge in [-0.15, -0.1) is 11.3 Å². The lowest BCUT2D eigenvalue weighted by molar-refractivity contribution is -0.119. The van der Waals surface area contributed by atoms with Gasteiger partial charge in [0.1, 0.15) is 11.6 Å². The summed E-state index contributed by atoms with van der Waals surface area (Å²) in [7, 11) is 3.68. The van der Waals surface area contributed by atoms with Crippen LogP contribution in [0.5, 0.6) is 11.5 Å². The fourth-order valence-corrected chi connectivity index (χ4v) is 5.73. The zero-order valence-corrected chi connectivity index (χ0v) is 25.4. The van der Waals surface area contributed by atoms with Crippen LogP contribution in [0.1, 0.15) is 17.7 Å². The summed E-state index contributed by atoms with van der Waals surface area (Å²) in [6.45, 7) is 2.27. The zero-order valence-electron chi connectivity index (χ0n) is 23.7. The Morgan fingerprint density at radius 2 is 1.93 bits per heavy atom. The Morgan fingerprint density at radius 3 is 2.72 bits per heavy atom. The van der Waals surface area contributed by atoms with Crippen molar-refractivity contribution in [3.63, 3.8) is 0 Å². The number of fused-ring (bicyclic) bond motifs is 1. The van der Waals surface area contributed by atoms with Gasteiger partial charge in [0.05, 0.1) is 33.4 Å². The SMILES string of the molecule is COCCCNCc1cnc(-c2cc3nccc(Oc4ccc(NC(=S)NC(=O)Cc5ccccc5)cc4F)c3s2)n1C. The number of nitrogens with one attached hydrogen (secondary N) is 3. The molecule has 1 amide bonds. The molecule has 2 aromatic carbocycles. The lowest BCUT2D eigenvalue weighted by Gasteiger charge is -2.12. The van der Waals surface area contributed by atoms with Crippen LogP contribution in [0.3, 0.4) is 0 Å². The van der Waals surface area contributed by atoms with E-state index in [0.717, 1.165) is 51.7 Å². The highest BCUT2D eigenvalue weighted by Gasteiger charge is 2.17. The summed E-state index contributed by atoms with van der Waals surface area (Å²) < 4.78 is 29.0. The Bertz CT molecular complexity index is 1720. The number of ether oxygens (including phenoxy) is 2. The van der Waals surface area contributed by atoms with E-state index in [4.69, 9.17) is 21.7 Å². The van der Waals surface area contributed by atoms with E-state index in [0.29, 0.717) is 18.0 Å². The number of hydrogen-bond donors (Lipinski definition) is 3. The van der Waals surface area contributed by atoms with Crippen molar-refractivity contribution in [1.29, 1.82) is 0 Å². The van der Waals surface area contributed by atoms with Gasteiger partial charge in [0.2, 0.25) is 5.91 Å². The van der Waals surface area contributed by atoms with Crippen LogP contribution in [0, 0.1) is 5.82 Å². The Labute approximate surface area is 258 Å². The number of carbonyl (C=O) groups is 1. The topological polar surface area (TPSA) is 102 Å². The number of benzene rings is 2. The van der Waals surface area contributed by atoms with Gasteiger partial charge in [0.15, 0.2) is 16.7 Å². The quantitative estimate of drug-likeness (QED) is 0.119. The van der Waals surface area contributed by atoms with Crippen LogP contribution in [-0.2, 0) is 29.5 Å². The molecular formula is C31H31FN6O3S2. The lowest BCUT2D eigenvalue weighted by Crippen LogP contribution is -2.35. The number of hydrogen-bond acceptors (Lipinski definition) is 8. The Hall–Kier alpha value is -4.23. The summed E-state index contributed by atoms with van der Waals surface area (Å²) in [5.41, 5.74) is 3.03. The molecule has 0 spiro atoms. The van der Waals surface area contributed by atoms with Gasteiger partial charge in [-0.05, 0) is 48.9 Å². The molecule has 5 rings (SSSR count). The van der Waals surface area contributed by atoms with E-state index in [1.54, 1.807) is 25.4 Å². The lowest BCUT2D eigenvalue weighted by atomic mass is 10.1. The molecule has 3 N–H and O–H groups in total. The number of carbonyl (C=O) groups excluding carboxylic acids is 1. The minimum atomic E-state index is -0.586. The Morgan fingerprint density at radius 1 is 1.09 bits per heavy atom. The average molecular weight is 619 g/mol. The van der Waals surface area contributed by atoms with Gasteiger partial charge in [-0.2, -0.15) is 0 Å². The average Bonchev–Trinajstić information content (AvgIpc) is 3.58. The van der Waals surface area contributed by atoms with Crippen molar-refractivity contribution in [2.75, 3.05) is 25.6 Å². The standard InChI is InChI=1S/C31H31FN6O3S2/c1-38-22(18-33-12-6-14-40-2)19-35-30(38)27-17-24-29(43-27)26(11-13-34-24)41-25-10-9-21(16-23(25)32)36-31(42)37-28(39)15-20-7-4-3-5-8-20/h3-5,7-11,13,16-17,19,33H,6,12,14-15,18H2,1-2H3,(H2,36,37,39,42). The van der Waals surface area contributed by atoms with Gasteiger partial charge in [-0.3, -0.25) is 9.78 Å². The molecule has 0 atom stereocenters. The number of halogens is 1. The van der Waals surface area contributed by atoms with E-state index in [-0.39, 0.29) is 23.2 Å². The summed E-state index contributed by atoms with van der Waals surface area (Å²) in [6.07, 6.45) is 4.61. The van der Waals surface area contributed by atoms with E-state index >= 15 is 4.39 Å². The molecule has 0 aliphatic carbocycles. The molecule has 12 heteroatoms. The van der Waals surface area contributed by atoms with Crippen molar-refractivity contribution in [3.05, 3.63) is 90.1 Å². The molecule has 9 nitrogen and oxygen atoms in total. The molecule has 0 fully saturated rings. The highest BCUT2D eigenvalue weighted by Crippen LogP contribution is 2.39. The first-order chi connectivity index (χ1) is 20.9. The second-order valence-corrected chi connectivity index (χ2v) is 11.2. The summed E-state index contributed by atoms with van der Waals surface area (Å²) in [5.74, 6) is 0.496. The number of rotatable bonds is 12. The fraction of sp³-hybridized carbons (Fsp3) is 0.226. The summed E-state index contributed by atoms with van der Waals surface area (Å²) >= 11 is 6.72. The minimum absolute atomic E-state index is 0.0471. The van der Waals surface area contributed by atoms with Crippen molar-refractivity contribution >= 4 is 50.5 Å². The van der Waals surface area contributed by atoms with Crippen molar-refractivity contribution in [2.24, 2.45) is 7.05 Å². The smallest absolute Gasteiger partial charge is 0.230 e. The molecule has 43 heavy (non-hydrogen) atoms. The highest BCUT2D eigenvalue weighted by atomic mass is 32.1. The van der Waals surface area contributed by atoms with Crippen LogP contribution in [0.15, 0.2) is 73.1 Å². The van der Waals surface area contributed by atoms with E-state index in [1.807, 2.05) is 49.6 Å². The largest absolute Gasteiger partial charge is 0.453 e. The molecule has 0 saturated carbocycles. The van der Waals surface area contributed by atoms with Crippen LogP contribution in [0.4, 0.5) is 10.1 Å². The van der Waals surface area contributed by atoms with Gasteiger partial charge in [-0.1, -0.05) is 30.3 Å². The van der Waals surface area contributed by atoms with Gasteiger partial charge in [-0.25, -0.2) is 9.37 Å². The number of thiophene rings is 1. The Balaban J connectivity index is 1.24. The minimum Gasteiger partial charge on any atom is -0.453 e. The maximum absolute atomic E-state index is 15.1. The second kappa shape index (κ2) is 14.3. The molecule has 0 aliphatic rings. The molecule has 3 aromatic heterocycles. The number of anilines is 1. The number of imidazole rings is 1. The molecule has 0 saturated heterocycles. The first kappa shape index (κ1) is 30.2. The van der Waals surface area contributed by atoms with Crippen molar-refractivity contribution < 1.29 is 18.7 Å². The molecule has 0 unspecified atom stereocenters. The number of aromatic nitrogens is 3. The predicted octanol–water partition coefficient (Wildman–Crippen LogP) is 5.81. The normalized spacial score (nSPS) is 11.0. The molecule has 0 aliphatic heterocycles. The molecule has 222 valence electrons. The monoisotopic (exact) mass is 618 g/mol. The van der Waals surface area contributed by atoms with E-state index < -0.39 is 5.82 Å². The van der Waals surface area contributed by atoms with Crippen LogP contribution < -0.4 is 20.7 Å². The molecular weight excluding hydrogens is 588 g/mol. The maximum Gasteiger partial charge on any atom is 0.230 e. The van der Waals surface area contributed by atoms with Gasteiger partial charge >= 0.3 is 0 Å².